The first-order valence-electron chi connectivity index (χ1n) is 6.28. The highest BCUT2D eigenvalue weighted by Crippen LogP contribution is 2.18. The van der Waals surface area contributed by atoms with Crippen LogP contribution in [0.15, 0.2) is 24.3 Å². The lowest BCUT2D eigenvalue weighted by atomic mass is 10.3. The van der Waals surface area contributed by atoms with Crippen molar-refractivity contribution in [3.63, 3.8) is 0 Å². The second kappa shape index (κ2) is 5.38. The Morgan fingerprint density at radius 1 is 1.21 bits per heavy atom. The van der Waals surface area contributed by atoms with Crippen LogP contribution in [0.4, 0.5) is 11.6 Å². The second-order valence-corrected chi connectivity index (χ2v) is 4.39. The number of hydrogen-bond donors (Lipinski definition) is 2. The molecule has 1 aliphatic heterocycles. The molecule has 19 heavy (non-hydrogen) atoms. The van der Waals surface area contributed by atoms with Gasteiger partial charge in [0.05, 0.1) is 37.0 Å². The molecule has 0 spiro atoms. The summed E-state index contributed by atoms with van der Waals surface area (Å²) in [5, 5.41) is 3.17. The smallest absolute Gasteiger partial charge is 0.169 e. The van der Waals surface area contributed by atoms with E-state index in [-0.39, 0.29) is 6.10 Å². The normalized spacial score (nSPS) is 19.5. The van der Waals surface area contributed by atoms with Crippen molar-refractivity contribution in [2.24, 2.45) is 0 Å². The zero-order chi connectivity index (χ0) is 13.1. The number of nitrogens with one attached hydrogen (secondary N) is 1. The average Bonchev–Trinajstić information content (AvgIpc) is 2.46. The summed E-state index contributed by atoms with van der Waals surface area (Å²) in [7, 11) is 0. The SMILES string of the molecule is Nc1nc2ccccc2nc1NCC1COCCO1. The summed E-state index contributed by atoms with van der Waals surface area (Å²) in [5.41, 5.74) is 7.51. The van der Waals surface area contributed by atoms with Crippen molar-refractivity contribution < 1.29 is 9.47 Å². The number of aromatic nitrogens is 2. The van der Waals surface area contributed by atoms with Gasteiger partial charge in [0.1, 0.15) is 0 Å². The number of benzene rings is 1. The predicted molar refractivity (Wildman–Crippen MR) is 73.0 cm³/mol. The van der Waals surface area contributed by atoms with E-state index in [2.05, 4.69) is 15.3 Å². The minimum Gasteiger partial charge on any atom is -0.381 e. The van der Waals surface area contributed by atoms with Gasteiger partial charge in [0.15, 0.2) is 11.6 Å². The molecule has 1 saturated heterocycles. The highest BCUT2D eigenvalue weighted by atomic mass is 16.6. The summed E-state index contributed by atoms with van der Waals surface area (Å²) in [5.74, 6) is 0.989. The van der Waals surface area contributed by atoms with Gasteiger partial charge in [-0.1, -0.05) is 12.1 Å². The van der Waals surface area contributed by atoms with E-state index < -0.39 is 0 Å². The van der Waals surface area contributed by atoms with Gasteiger partial charge in [-0.25, -0.2) is 9.97 Å². The molecule has 0 radical (unpaired) electrons. The highest BCUT2D eigenvalue weighted by Gasteiger charge is 2.15. The standard InChI is InChI=1S/C13H16N4O2/c14-12-13(15-7-9-8-18-5-6-19-9)17-11-4-2-1-3-10(11)16-12/h1-4,9H,5-8H2,(H2,14,16)(H,15,17). The molecule has 2 heterocycles. The van der Waals surface area contributed by atoms with E-state index in [4.69, 9.17) is 15.2 Å². The summed E-state index contributed by atoms with van der Waals surface area (Å²) in [6.45, 7) is 2.49. The Morgan fingerprint density at radius 3 is 2.74 bits per heavy atom. The number of hydrogen-bond acceptors (Lipinski definition) is 6. The molecule has 0 saturated carbocycles. The molecule has 2 aromatic rings. The number of nitrogens with two attached hydrogens (primary N) is 1. The molecule has 1 unspecified atom stereocenters. The van der Waals surface area contributed by atoms with Gasteiger partial charge in [-0.05, 0) is 12.1 Å². The largest absolute Gasteiger partial charge is 0.381 e. The molecule has 1 fully saturated rings. The van der Waals surface area contributed by atoms with Crippen LogP contribution in [0.25, 0.3) is 11.0 Å². The third-order valence-electron chi connectivity index (χ3n) is 2.98. The van der Waals surface area contributed by atoms with Crippen molar-refractivity contribution in [1.29, 1.82) is 0 Å². The van der Waals surface area contributed by atoms with Gasteiger partial charge in [-0.3, -0.25) is 0 Å². The van der Waals surface area contributed by atoms with E-state index in [9.17, 15) is 0 Å². The Hall–Kier alpha value is -1.92. The van der Waals surface area contributed by atoms with Crippen LogP contribution in [-0.4, -0.2) is 42.4 Å². The van der Waals surface area contributed by atoms with Crippen molar-refractivity contribution in [2.75, 3.05) is 37.4 Å². The summed E-state index contributed by atoms with van der Waals surface area (Å²) in [6.07, 6.45) is 0.0291. The van der Waals surface area contributed by atoms with Gasteiger partial charge in [0.25, 0.3) is 0 Å². The number of nitrogens with zero attached hydrogens (tertiary/aromatic N) is 2. The fourth-order valence-corrected chi connectivity index (χ4v) is 2.01. The van der Waals surface area contributed by atoms with Crippen molar-refractivity contribution in [2.45, 2.75) is 6.10 Å². The Balaban J connectivity index is 1.74. The first kappa shape index (κ1) is 12.1. The molecule has 0 aliphatic carbocycles. The van der Waals surface area contributed by atoms with E-state index in [0.29, 0.717) is 38.0 Å². The Morgan fingerprint density at radius 2 is 2.00 bits per heavy atom. The maximum Gasteiger partial charge on any atom is 0.169 e. The van der Waals surface area contributed by atoms with Gasteiger partial charge in [-0.15, -0.1) is 0 Å². The topological polar surface area (TPSA) is 82.3 Å². The molecule has 0 bridgehead atoms. The number of nitrogen functional groups attached to an aromatic ring is 1. The average molecular weight is 260 g/mol. The first-order chi connectivity index (χ1) is 9.33. The van der Waals surface area contributed by atoms with Crippen LogP contribution in [0.5, 0.6) is 0 Å². The minimum atomic E-state index is 0.0291. The van der Waals surface area contributed by atoms with E-state index in [1.807, 2.05) is 24.3 Å². The minimum absolute atomic E-state index is 0.0291. The van der Waals surface area contributed by atoms with Crippen molar-refractivity contribution in [3.8, 4) is 0 Å². The second-order valence-electron chi connectivity index (χ2n) is 4.39. The zero-order valence-electron chi connectivity index (χ0n) is 10.5. The molecule has 6 heteroatoms. The maximum absolute atomic E-state index is 5.89. The molecule has 1 aromatic carbocycles. The van der Waals surface area contributed by atoms with Gasteiger partial charge in [0, 0.05) is 6.54 Å². The highest BCUT2D eigenvalue weighted by molar-refractivity contribution is 5.79. The van der Waals surface area contributed by atoms with Gasteiger partial charge < -0.3 is 20.5 Å². The number of rotatable bonds is 3. The van der Waals surface area contributed by atoms with Crippen LogP contribution < -0.4 is 11.1 Å². The Kier molecular flexibility index (Phi) is 3.43. The van der Waals surface area contributed by atoms with Crippen molar-refractivity contribution >= 4 is 22.7 Å². The summed E-state index contributed by atoms with van der Waals surface area (Å²) in [4.78, 5) is 8.78. The maximum atomic E-state index is 5.89. The lowest BCUT2D eigenvalue weighted by Gasteiger charge is -2.23. The van der Waals surface area contributed by atoms with Crippen molar-refractivity contribution in [1.82, 2.24) is 9.97 Å². The van der Waals surface area contributed by atoms with E-state index in [1.165, 1.54) is 0 Å². The van der Waals surface area contributed by atoms with Crippen LogP contribution in [0.1, 0.15) is 0 Å². The molecular weight excluding hydrogens is 244 g/mol. The Bertz CT molecular complexity index is 570. The van der Waals surface area contributed by atoms with Crippen molar-refractivity contribution in [3.05, 3.63) is 24.3 Å². The monoisotopic (exact) mass is 260 g/mol. The molecule has 6 nitrogen and oxygen atoms in total. The van der Waals surface area contributed by atoms with E-state index in [0.717, 1.165) is 11.0 Å². The molecule has 3 rings (SSSR count). The predicted octanol–water partition coefficient (Wildman–Crippen LogP) is 1.04. The fourth-order valence-electron chi connectivity index (χ4n) is 2.01. The molecule has 0 amide bonds. The molecule has 1 aromatic heterocycles. The third kappa shape index (κ3) is 2.74. The van der Waals surface area contributed by atoms with Gasteiger partial charge in [0.2, 0.25) is 0 Å². The lowest BCUT2D eigenvalue weighted by Crippen LogP contribution is -2.34. The van der Waals surface area contributed by atoms with Crippen LogP contribution in [0.3, 0.4) is 0 Å². The zero-order valence-corrected chi connectivity index (χ0v) is 10.5. The van der Waals surface area contributed by atoms with Crippen LogP contribution >= 0.6 is 0 Å². The van der Waals surface area contributed by atoms with E-state index >= 15 is 0 Å². The summed E-state index contributed by atoms with van der Waals surface area (Å²) >= 11 is 0. The number of fused-ring (bicyclic) bond motifs is 1. The number of anilines is 2. The first-order valence-corrected chi connectivity index (χ1v) is 6.28. The fraction of sp³-hybridized carbons (Fsp3) is 0.385. The summed E-state index contributed by atoms with van der Waals surface area (Å²) in [6, 6.07) is 7.64. The Labute approximate surface area is 110 Å². The summed E-state index contributed by atoms with van der Waals surface area (Å²) < 4.78 is 10.9. The van der Waals surface area contributed by atoms with E-state index in [1.54, 1.807) is 0 Å². The quantitative estimate of drug-likeness (QED) is 0.858. The van der Waals surface area contributed by atoms with Gasteiger partial charge >= 0.3 is 0 Å². The van der Waals surface area contributed by atoms with Crippen LogP contribution in [0, 0.1) is 0 Å². The molecule has 3 N–H and O–H groups in total. The number of para-hydroxylation sites is 2. The number of ether oxygens (including phenoxy) is 2. The molecule has 100 valence electrons. The van der Waals surface area contributed by atoms with Crippen LogP contribution in [0.2, 0.25) is 0 Å². The lowest BCUT2D eigenvalue weighted by molar-refractivity contribution is -0.0819. The van der Waals surface area contributed by atoms with Gasteiger partial charge in [-0.2, -0.15) is 0 Å². The third-order valence-corrected chi connectivity index (χ3v) is 2.98. The molecule has 1 atom stereocenters. The molecule has 1 aliphatic rings. The van der Waals surface area contributed by atoms with Crippen LogP contribution in [-0.2, 0) is 9.47 Å². The molecular formula is C13H16N4O2.